The second-order valence-electron chi connectivity index (χ2n) is 12.3. The van der Waals surface area contributed by atoms with E-state index in [2.05, 4.69) is 4.74 Å². The number of alkyl halides is 6. The lowest BCUT2D eigenvalue weighted by Gasteiger charge is -2.38. The zero-order valence-corrected chi connectivity index (χ0v) is 27.1. The van der Waals surface area contributed by atoms with Crippen molar-refractivity contribution in [1.29, 1.82) is 0 Å². The van der Waals surface area contributed by atoms with Crippen molar-refractivity contribution in [2.45, 2.75) is 53.5 Å². The number of hydrogen-bond donors (Lipinski definition) is 1. The third-order valence-electron chi connectivity index (χ3n) is 9.27. The lowest BCUT2D eigenvalue weighted by Crippen LogP contribution is -2.56. The molecule has 2 amide bonds. The largest absolute Gasteiger partial charge is 0.481 e. The molecule has 2 atom stereocenters. The first-order chi connectivity index (χ1) is 23.7. The number of sulfone groups is 1. The molecule has 18 heteroatoms. The Morgan fingerprint density at radius 1 is 0.843 bits per heavy atom. The van der Waals surface area contributed by atoms with E-state index in [0.29, 0.717) is 42.8 Å². The van der Waals surface area contributed by atoms with E-state index in [-0.39, 0.29) is 44.0 Å². The Balaban J connectivity index is 1.56. The van der Waals surface area contributed by atoms with Crippen LogP contribution >= 0.6 is 0 Å². The van der Waals surface area contributed by atoms with Crippen molar-refractivity contribution in [3.8, 4) is 0 Å². The molecule has 2 saturated heterocycles. The minimum absolute atomic E-state index is 0.0573. The lowest BCUT2D eigenvalue weighted by atomic mass is 9.88. The minimum atomic E-state index is -6.25. The van der Waals surface area contributed by atoms with E-state index in [1.807, 2.05) is 0 Å². The molecule has 3 aromatic rings. The Labute approximate surface area is 285 Å². The van der Waals surface area contributed by atoms with Crippen molar-refractivity contribution in [2.75, 3.05) is 26.2 Å². The summed E-state index contributed by atoms with van der Waals surface area (Å²) in [7, 11) is -4.66. The highest BCUT2D eigenvalue weighted by Gasteiger charge is 2.73. The van der Waals surface area contributed by atoms with Gasteiger partial charge in [0, 0.05) is 43.7 Å². The van der Waals surface area contributed by atoms with Gasteiger partial charge >= 0.3 is 24.4 Å². The molecule has 51 heavy (non-hydrogen) atoms. The molecule has 2 fully saturated rings. The quantitative estimate of drug-likeness (QED) is 0.188. The van der Waals surface area contributed by atoms with E-state index >= 15 is 0 Å². The molecule has 2 aliphatic rings. The number of rotatable bonds is 9. The van der Waals surface area contributed by atoms with E-state index in [1.165, 1.54) is 4.90 Å². The van der Waals surface area contributed by atoms with Crippen LogP contribution in [0, 0.1) is 23.4 Å². The number of ether oxygens (including phenoxy) is 1. The molecule has 5 rings (SSSR count). The zero-order chi connectivity index (χ0) is 37.6. The Kier molecular flexibility index (Phi) is 10.2. The molecular formula is C33H29F9N2O6S. The van der Waals surface area contributed by atoms with Gasteiger partial charge in [-0.3, -0.25) is 4.79 Å². The fourth-order valence-electron chi connectivity index (χ4n) is 6.61. The van der Waals surface area contributed by atoms with Gasteiger partial charge in [-0.2, -0.15) is 26.3 Å². The van der Waals surface area contributed by atoms with E-state index < -0.39 is 91.2 Å². The van der Waals surface area contributed by atoms with Crippen LogP contribution < -0.4 is 0 Å². The molecule has 8 nitrogen and oxygen atoms in total. The maximum Gasteiger partial charge on any atom is 0.430 e. The summed E-state index contributed by atoms with van der Waals surface area (Å²) in [5, 5.41) is 9.12. The van der Waals surface area contributed by atoms with Gasteiger partial charge in [0.05, 0.1) is 11.5 Å². The molecule has 1 N–H and O–H groups in total. The molecule has 3 aromatic carbocycles. The number of urea groups is 1. The van der Waals surface area contributed by atoms with Crippen molar-refractivity contribution in [3.63, 3.8) is 0 Å². The highest BCUT2D eigenvalue weighted by molar-refractivity contribution is 7.92. The first-order valence-corrected chi connectivity index (χ1v) is 16.8. The molecule has 0 aliphatic carbocycles. The summed E-state index contributed by atoms with van der Waals surface area (Å²) in [6, 6.07) is 7.07. The van der Waals surface area contributed by atoms with Crippen molar-refractivity contribution >= 4 is 21.8 Å². The summed E-state index contributed by atoms with van der Waals surface area (Å²) in [6.45, 7) is -2.41. The average molecular weight is 753 g/mol. The lowest BCUT2D eigenvalue weighted by molar-refractivity contribution is -0.392. The molecule has 0 radical (unpaired) electrons. The number of hydrogen-bond acceptors (Lipinski definition) is 5. The number of amides is 2. The van der Waals surface area contributed by atoms with Gasteiger partial charge in [0.15, 0.2) is 9.84 Å². The summed E-state index contributed by atoms with van der Waals surface area (Å²) in [5.41, 5.74) is -8.21. The van der Waals surface area contributed by atoms with E-state index in [1.54, 1.807) is 0 Å². The predicted molar refractivity (Wildman–Crippen MR) is 160 cm³/mol. The van der Waals surface area contributed by atoms with Crippen LogP contribution in [-0.2, 0) is 36.3 Å². The molecule has 0 bridgehead atoms. The number of carbonyl (C=O) groups excluding carboxylic acids is 1. The molecule has 0 spiro atoms. The monoisotopic (exact) mass is 752 g/mol. The van der Waals surface area contributed by atoms with Crippen LogP contribution in [0.2, 0.25) is 0 Å². The molecule has 0 unspecified atom stereocenters. The van der Waals surface area contributed by atoms with Crippen LogP contribution in [0.1, 0.15) is 36.0 Å². The topological polar surface area (TPSA) is 104 Å². The normalized spacial score (nSPS) is 20.2. The van der Waals surface area contributed by atoms with Gasteiger partial charge in [0.1, 0.15) is 22.2 Å². The number of halogens is 9. The number of aliphatic carboxylic acids is 1. The number of carboxylic acids is 1. The molecular weight excluding hydrogens is 723 g/mol. The summed E-state index contributed by atoms with van der Waals surface area (Å²) < 4.78 is 160. The number of likely N-dealkylation sites (tertiary alicyclic amines) is 2. The van der Waals surface area contributed by atoms with Crippen LogP contribution in [0.5, 0.6) is 0 Å². The van der Waals surface area contributed by atoms with Crippen molar-refractivity contribution in [2.24, 2.45) is 5.92 Å². The maximum absolute atomic E-state index is 14.5. The predicted octanol–water partition coefficient (Wildman–Crippen LogP) is 6.93. The van der Waals surface area contributed by atoms with Crippen LogP contribution in [0.4, 0.5) is 44.3 Å². The Morgan fingerprint density at radius 2 is 1.43 bits per heavy atom. The maximum atomic E-state index is 14.5. The molecule has 2 aliphatic heterocycles. The van der Waals surface area contributed by atoms with Gasteiger partial charge in [-0.25, -0.2) is 26.4 Å². The highest BCUT2D eigenvalue weighted by Crippen LogP contribution is 2.54. The number of benzene rings is 3. The smallest absolute Gasteiger partial charge is 0.430 e. The second-order valence-corrected chi connectivity index (χ2v) is 14.6. The first-order valence-electron chi connectivity index (χ1n) is 15.3. The first kappa shape index (κ1) is 37.9. The van der Waals surface area contributed by atoms with Gasteiger partial charge in [0.2, 0.25) is 0 Å². The average Bonchev–Trinajstić information content (AvgIpc) is 3.70. The van der Waals surface area contributed by atoms with Crippen molar-refractivity contribution in [1.82, 2.24) is 9.80 Å². The summed E-state index contributed by atoms with van der Waals surface area (Å²) in [4.78, 5) is 26.7. The van der Waals surface area contributed by atoms with E-state index in [4.69, 9.17) is 5.11 Å². The van der Waals surface area contributed by atoms with Crippen molar-refractivity contribution in [3.05, 3.63) is 101 Å². The van der Waals surface area contributed by atoms with Crippen LogP contribution in [0.25, 0.3) is 0 Å². The fraction of sp³-hybridized carbons (Fsp3) is 0.394. The minimum Gasteiger partial charge on any atom is -0.481 e. The van der Waals surface area contributed by atoms with Gasteiger partial charge < -0.3 is 19.6 Å². The molecule has 276 valence electrons. The number of carbonyl (C=O) groups is 2. The molecule has 2 heterocycles. The Morgan fingerprint density at radius 3 is 1.98 bits per heavy atom. The summed E-state index contributed by atoms with van der Waals surface area (Å²) in [6.07, 6.45) is -12.7. The number of carboxylic acid groups (broad SMARTS) is 1. The highest BCUT2D eigenvalue weighted by atomic mass is 32.2. The van der Waals surface area contributed by atoms with Crippen LogP contribution in [0.15, 0.2) is 71.6 Å². The standard InChI is InChI=1S/C33H29F9N2O6S/c34-23-8-10-24(11-9-23)51(48,49)30(13-15-44(19-30)29(47)43-14-12-20(17-43)16-28(45)46)21-4-6-22(7-5-21)31(32(37,38)39,33(40,41)42)50-18-25-26(35)2-1-3-27(25)36/h1-11,20H,12-19H2,(H,45,46)/t20-,30+/m1/s1. The SMILES string of the molecule is O=C(O)C[C@H]1CCN(C(=O)N2CC[C@](c3ccc(C(OCc4c(F)cccc4F)(C(F)(F)F)C(F)(F)F)cc3)(S(=O)(=O)c3ccc(F)cc3)C2)C1. The van der Waals surface area contributed by atoms with Gasteiger partial charge in [-0.1, -0.05) is 30.3 Å². The summed E-state index contributed by atoms with van der Waals surface area (Å²) in [5.74, 6) is -5.15. The molecule has 0 aromatic heterocycles. The third-order valence-corrected chi connectivity index (χ3v) is 11.8. The van der Waals surface area contributed by atoms with Gasteiger partial charge in [-0.15, -0.1) is 0 Å². The second kappa shape index (κ2) is 13.7. The number of nitrogens with zero attached hydrogens (tertiary/aromatic N) is 2. The van der Waals surface area contributed by atoms with Crippen molar-refractivity contribution < 1.29 is 67.4 Å². The van der Waals surface area contributed by atoms with Gasteiger partial charge in [0.25, 0.3) is 5.60 Å². The third kappa shape index (κ3) is 6.86. The Hall–Kier alpha value is -4.32. The van der Waals surface area contributed by atoms with E-state index in [0.717, 1.165) is 35.2 Å². The fourth-order valence-corrected chi connectivity index (χ4v) is 8.69. The van der Waals surface area contributed by atoms with E-state index in [9.17, 15) is 57.5 Å². The van der Waals surface area contributed by atoms with Gasteiger partial charge in [-0.05, 0) is 60.7 Å². The summed E-state index contributed by atoms with van der Waals surface area (Å²) >= 11 is 0. The molecule has 0 saturated carbocycles. The zero-order valence-electron chi connectivity index (χ0n) is 26.3. The Bertz CT molecular complexity index is 1850. The van der Waals surface area contributed by atoms with Crippen LogP contribution in [-0.4, -0.2) is 73.9 Å². The van der Waals surface area contributed by atoms with Crippen LogP contribution in [0.3, 0.4) is 0 Å².